The van der Waals surface area contributed by atoms with Crippen molar-refractivity contribution in [1.82, 2.24) is 0 Å². The average molecular weight is 341 g/mol. The van der Waals surface area contributed by atoms with E-state index in [-0.39, 0.29) is 38.1 Å². The summed E-state index contributed by atoms with van der Waals surface area (Å²) in [6.45, 7) is 1.12. The summed E-state index contributed by atoms with van der Waals surface area (Å²) in [5.74, 6) is 0.156. The lowest BCUT2D eigenvalue weighted by atomic mass is 10.1. The van der Waals surface area contributed by atoms with Crippen LogP contribution in [0.2, 0.25) is 0 Å². The Bertz CT molecular complexity index is 457. The number of ether oxygens (including phenoxy) is 3. The van der Waals surface area contributed by atoms with Gasteiger partial charge in [0, 0.05) is 34.7 Å². The third kappa shape index (κ3) is 5.29. The van der Waals surface area contributed by atoms with E-state index in [9.17, 15) is 4.57 Å². The van der Waals surface area contributed by atoms with Crippen LogP contribution in [0.25, 0.3) is 0 Å². The normalized spacial score (nSPS) is 43.5. The van der Waals surface area contributed by atoms with Gasteiger partial charge in [0.15, 0.2) is 0 Å². The summed E-state index contributed by atoms with van der Waals surface area (Å²) < 4.78 is 63.2. The first-order chi connectivity index (χ1) is 11.9. The topological polar surface area (TPSA) is 63.2 Å². The minimum Gasteiger partial charge on any atom is -0.385 e. The molecule has 0 spiro atoms. The first-order valence-corrected chi connectivity index (χ1v) is 9.45. The molecule has 1 unspecified atom stereocenters. The van der Waals surface area contributed by atoms with Crippen LogP contribution in [0, 0.1) is 5.92 Å². The van der Waals surface area contributed by atoms with Crippen LogP contribution >= 0.6 is 7.60 Å². The molecular weight excluding hydrogens is 307 g/mol. The maximum absolute atomic E-state index is 13.2. The second-order valence-corrected chi connectivity index (χ2v) is 7.89. The Balaban J connectivity index is 1.96. The molecule has 2 rings (SSSR count). The van der Waals surface area contributed by atoms with Crippen LogP contribution < -0.4 is 0 Å². The fourth-order valence-electron chi connectivity index (χ4n) is 2.39. The standard InChI is InChI=1S/C15H29O6P/c1-12-5-8-19-15(12)11-20-22(16,10-4-7-17-3)21-14-6-9-18-13(14)2/h12-15H,4-11H2,1-3H3/t12-,13+,14-,15+,22?/m0/s1/i2D,8T,9T/t8-,9-,12+,13-,14+,15-,22?/m1. The molecule has 2 aliphatic heterocycles. The molecule has 0 aromatic rings. The van der Waals surface area contributed by atoms with Gasteiger partial charge >= 0.3 is 7.60 Å². The monoisotopic (exact) mass is 341 g/mol. The summed E-state index contributed by atoms with van der Waals surface area (Å²) >= 11 is 0. The molecule has 6 nitrogen and oxygen atoms in total. The first kappa shape index (κ1) is 14.4. The van der Waals surface area contributed by atoms with E-state index in [4.69, 9.17) is 27.4 Å². The smallest absolute Gasteiger partial charge is 0.331 e. The molecule has 0 amide bonds. The van der Waals surface area contributed by atoms with Crippen molar-refractivity contribution >= 4 is 7.60 Å². The van der Waals surface area contributed by atoms with Crippen molar-refractivity contribution in [3.05, 3.63) is 0 Å². The first-order valence-electron chi connectivity index (χ1n) is 9.58. The molecule has 7 atom stereocenters. The molecule has 0 radical (unpaired) electrons. The van der Waals surface area contributed by atoms with Crippen LogP contribution in [0.15, 0.2) is 0 Å². The van der Waals surface area contributed by atoms with Gasteiger partial charge in [-0.3, -0.25) is 4.57 Å². The third-order valence-electron chi connectivity index (χ3n) is 3.90. The van der Waals surface area contributed by atoms with Crippen molar-refractivity contribution in [2.24, 2.45) is 5.92 Å². The number of rotatable bonds is 9. The summed E-state index contributed by atoms with van der Waals surface area (Å²) in [5.41, 5.74) is 0. The quantitative estimate of drug-likeness (QED) is 0.475. The molecule has 0 N–H and O–H groups in total. The second kappa shape index (κ2) is 8.76. The summed E-state index contributed by atoms with van der Waals surface area (Å²) in [4.78, 5) is 0. The van der Waals surface area contributed by atoms with Crippen LogP contribution in [0.1, 0.15) is 37.2 Å². The van der Waals surface area contributed by atoms with Gasteiger partial charge in [0.1, 0.15) is 0 Å². The Labute approximate surface area is 137 Å². The van der Waals surface area contributed by atoms with Crippen LogP contribution in [-0.4, -0.2) is 58.0 Å². The Morgan fingerprint density at radius 1 is 1.41 bits per heavy atom. The van der Waals surface area contributed by atoms with Gasteiger partial charge < -0.3 is 23.3 Å². The maximum Gasteiger partial charge on any atom is 0.331 e. The molecule has 2 saturated heterocycles. The van der Waals surface area contributed by atoms with E-state index in [0.717, 1.165) is 0 Å². The van der Waals surface area contributed by atoms with E-state index in [1.165, 1.54) is 0 Å². The summed E-state index contributed by atoms with van der Waals surface area (Å²) in [7, 11) is -1.87. The molecule has 7 heteroatoms. The highest BCUT2D eigenvalue weighted by molar-refractivity contribution is 7.53. The van der Waals surface area contributed by atoms with Gasteiger partial charge in [0.05, 0.1) is 33.8 Å². The molecule has 0 bridgehead atoms. The third-order valence-corrected chi connectivity index (χ3v) is 5.90. The van der Waals surface area contributed by atoms with Crippen molar-refractivity contribution in [2.75, 3.05) is 39.7 Å². The van der Waals surface area contributed by atoms with Gasteiger partial charge in [-0.2, -0.15) is 0 Å². The van der Waals surface area contributed by atoms with Crippen molar-refractivity contribution < 1.29 is 31.9 Å². The Kier molecular flexibility index (Phi) is 5.73. The van der Waals surface area contributed by atoms with Gasteiger partial charge in [0.25, 0.3) is 0 Å². The van der Waals surface area contributed by atoms with Crippen LogP contribution in [0.5, 0.6) is 0 Å². The van der Waals surface area contributed by atoms with Crippen molar-refractivity contribution in [2.45, 2.75) is 51.4 Å². The highest BCUT2D eigenvalue weighted by Crippen LogP contribution is 2.51. The molecule has 0 aromatic carbocycles. The van der Waals surface area contributed by atoms with Crippen molar-refractivity contribution in [3.8, 4) is 0 Å². The second-order valence-electron chi connectivity index (χ2n) is 5.75. The zero-order chi connectivity index (χ0) is 18.4. The highest BCUT2D eigenvalue weighted by atomic mass is 31.2. The van der Waals surface area contributed by atoms with Gasteiger partial charge in [0.2, 0.25) is 0 Å². The lowest BCUT2D eigenvalue weighted by Gasteiger charge is -2.25. The van der Waals surface area contributed by atoms with Gasteiger partial charge in [-0.25, -0.2) is 0 Å². The Morgan fingerprint density at radius 3 is 2.91 bits per heavy atom. The van der Waals surface area contributed by atoms with Gasteiger partial charge in [-0.1, -0.05) is 6.92 Å². The summed E-state index contributed by atoms with van der Waals surface area (Å²) in [6, 6.07) is 0. The molecule has 2 fully saturated rings. The minimum absolute atomic E-state index is 0.0542. The van der Waals surface area contributed by atoms with Crippen LogP contribution in [0.4, 0.5) is 0 Å². The lowest BCUT2D eigenvalue weighted by molar-refractivity contribution is 0.0283. The van der Waals surface area contributed by atoms with Crippen molar-refractivity contribution in [3.63, 3.8) is 0 Å². The van der Waals surface area contributed by atoms with E-state index < -0.39 is 33.0 Å². The molecule has 0 aliphatic carbocycles. The zero-order valence-corrected chi connectivity index (χ0v) is 14.2. The fourth-order valence-corrected chi connectivity index (χ4v) is 4.21. The number of hydrogen-bond acceptors (Lipinski definition) is 6. The van der Waals surface area contributed by atoms with E-state index in [1.54, 1.807) is 7.11 Å². The molecule has 2 aliphatic rings. The molecule has 130 valence electrons. The minimum atomic E-state index is -3.44. The van der Waals surface area contributed by atoms with Crippen molar-refractivity contribution in [1.29, 1.82) is 0 Å². The molecule has 22 heavy (non-hydrogen) atoms. The highest BCUT2D eigenvalue weighted by Gasteiger charge is 2.36. The molecule has 0 aromatic heterocycles. The summed E-state index contributed by atoms with van der Waals surface area (Å²) in [6.07, 6.45) is 0.167. The van der Waals surface area contributed by atoms with E-state index in [1.807, 2.05) is 6.92 Å². The molecular formula is C15H29O6P. The molecule has 0 saturated carbocycles. The predicted octanol–water partition coefficient (Wildman–Crippen LogP) is 2.85. The van der Waals surface area contributed by atoms with Crippen LogP contribution in [-0.2, 0) is 27.8 Å². The predicted molar refractivity (Wildman–Crippen MR) is 83.3 cm³/mol. The van der Waals surface area contributed by atoms with E-state index in [2.05, 4.69) is 0 Å². The van der Waals surface area contributed by atoms with Gasteiger partial charge in [-0.05, 0) is 25.7 Å². The SMILES string of the molecule is [2H]C[C@H]1O[C@H]([3H])C[C@@H]1OP(=O)(CCCOC)OC[C@H]1O[C@H]([3H])C[C@@H]1C. The van der Waals surface area contributed by atoms with Crippen LogP contribution in [0.3, 0.4) is 0 Å². The maximum atomic E-state index is 13.2. The Hall–Kier alpha value is 0.0300. The Morgan fingerprint density at radius 2 is 2.23 bits per heavy atom. The van der Waals surface area contributed by atoms with E-state index >= 15 is 0 Å². The molecule has 2 heterocycles. The number of hydrogen-bond donors (Lipinski definition) is 0. The van der Waals surface area contributed by atoms with Gasteiger partial charge in [-0.15, -0.1) is 0 Å². The van der Waals surface area contributed by atoms with E-state index in [0.29, 0.717) is 19.4 Å². The number of methoxy groups -OCH3 is 1. The largest absolute Gasteiger partial charge is 0.385 e. The average Bonchev–Trinajstić information content (AvgIpc) is 3.06. The lowest BCUT2D eigenvalue weighted by Crippen LogP contribution is -2.24. The zero-order valence-electron chi connectivity index (χ0n) is 16.3. The fraction of sp³-hybridized carbons (Fsp3) is 1.00. The summed E-state index contributed by atoms with van der Waals surface area (Å²) in [5, 5.41) is 0.